The standard InChI is InChI=1S/C18H26N6O/c1-4-8-23-12-19-21-16(23)15-10-24(11-18(15)6-5-7-18)17(25)14-9-20-22(3)13(14)2/h9,12,15H,4-8,10-11H2,1-3H3. The lowest BCUT2D eigenvalue weighted by atomic mass is 9.62. The van der Waals surface area contributed by atoms with Gasteiger partial charge in [0.05, 0.1) is 11.8 Å². The summed E-state index contributed by atoms with van der Waals surface area (Å²) in [5, 5.41) is 12.8. The average molecular weight is 342 g/mol. The SMILES string of the molecule is CCCn1cnnc1C1CN(C(=O)c2cnn(C)c2C)CC12CCC2. The van der Waals surface area contributed by atoms with Crippen LogP contribution in [0.2, 0.25) is 0 Å². The fourth-order valence-electron chi connectivity index (χ4n) is 4.44. The van der Waals surface area contributed by atoms with Gasteiger partial charge in [-0.2, -0.15) is 5.10 Å². The van der Waals surface area contributed by atoms with Crippen molar-refractivity contribution in [2.75, 3.05) is 13.1 Å². The molecular weight excluding hydrogens is 316 g/mol. The second-order valence-corrected chi connectivity index (χ2v) is 7.60. The van der Waals surface area contributed by atoms with E-state index < -0.39 is 0 Å². The van der Waals surface area contributed by atoms with Crippen LogP contribution in [0, 0.1) is 12.3 Å². The zero-order chi connectivity index (χ0) is 17.6. The van der Waals surface area contributed by atoms with Crippen LogP contribution < -0.4 is 0 Å². The van der Waals surface area contributed by atoms with Gasteiger partial charge in [-0.3, -0.25) is 9.48 Å². The van der Waals surface area contributed by atoms with Crippen molar-refractivity contribution in [2.45, 2.75) is 52.0 Å². The summed E-state index contributed by atoms with van der Waals surface area (Å²) in [7, 11) is 1.87. The van der Waals surface area contributed by atoms with E-state index in [0.29, 0.717) is 5.56 Å². The number of rotatable bonds is 4. The monoisotopic (exact) mass is 342 g/mol. The van der Waals surface area contributed by atoms with Gasteiger partial charge in [0.1, 0.15) is 12.2 Å². The van der Waals surface area contributed by atoms with E-state index in [9.17, 15) is 4.79 Å². The molecule has 1 saturated carbocycles. The van der Waals surface area contributed by atoms with Crippen LogP contribution in [-0.2, 0) is 13.6 Å². The predicted octanol–water partition coefficient (Wildman–Crippen LogP) is 2.14. The molecule has 0 bridgehead atoms. The second kappa shape index (κ2) is 5.97. The van der Waals surface area contributed by atoms with E-state index in [1.54, 1.807) is 10.9 Å². The molecule has 7 heteroatoms. The van der Waals surface area contributed by atoms with Crippen LogP contribution in [-0.4, -0.2) is 48.4 Å². The molecule has 1 aliphatic carbocycles. The summed E-state index contributed by atoms with van der Waals surface area (Å²) < 4.78 is 3.94. The minimum absolute atomic E-state index is 0.0981. The van der Waals surface area contributed by atoms with Crippen LogP contribution in [0.1, 0.15) is 60.4 Å². The lowest BCUT2D eigenvalue weighted by Gasteiger charge is -2.42. The van der Waals surface area contributed by atoms with E-state index in [2.05, 4.69) is 26.8 Å². The molecule has 1 aliphatic heterocycles. The number of carbonyl (C=O) groups excluding carboxylic acids is 1. The maximum Gasteiger partial charge on any atom is 0.257 e. The highest BCUT2D eigenvalue weighted by atomic mass is 16.2. The van der Waals surface area contributed by atoms with E-state index in [-0.39, 0.29) is 17.2 Å². The molecule has 2 aromatic rings. The van der Waals surface area contributed by atoms with Gasteiger partial charge in [-0.05, 0) is 31.6 Å². The molecule has 3 heterocycles. The van der Waals surface area contributed by atoms with E-state index in [1.807, 2.05) is 25.2 Å². The molecule has 2 fully saturated rings. The van der Waals surface area contributed by atoms with Crippen LogP contribution >= 0.6 is 0 Å². The van der Waals surface area contributed by atoms with Gasteiger partial charge in [0.2, 0.25) is 0 Å². The van der Waals surface area contributed by atoms with Crippen molar-refractivity contribution in [3.63, 3.8) is 0 Å². The number of likely N-dealkylation sites (tertiary alicyclic amines) is 1. The molecule has 7 nitrogen and oxygen atoms in total. The Balaban J connectivity index is 1.62. The van der Waals surface area contributed by atoms with Gasteiger partial charge < -0.3 is 9.47 Å². The van der Waals surface area contributed by atoms with E-state index in [0.717, 1.165) is 37.6 Å². The molecule has 1 spiro atoms. The molecule has 2 aromatic heterocycles. The van der Waals surface area contributed by atoms with Crippen molar-refractivity contribution < 1.29 is 4.79 Å². The Morgan fingerprint density at radius 3 is 2.80 bits per heavy atom. The van der Waals surface area contributed by atoms with Crippen molar-refractivity contribution in [3.05, 3.63) is 29.6 Å². The lowest BCUT2D eigenvalue weighted by molar-refractivity contribution is 0.0722. The van der Waals surface area contributed by atoms with Crippen molar-refractivity contribution in [1.82, 2.24) is 29.4 Å². The zero-order valence-electron chi connectivity index (χ0n) is 15.3. The van der Waals surface area contributed by atoms with Crippen LogP contribution in [0.25, 0.3) is 0 Å². The fourth-order valence-corrected chi connectivity index (χ4v) is 4.44. The average Bonchev–Trinajstić information content (AvgIpc) is 3.25. The molecule has 2 aliphatic rings. The van der Waals surface area contributed by atoms with Crippen LogP contribution in [0.3, 0.4) is 0 Å². The first kappa shape index (κ1) is 16.3. The van der Waals surface area contributed by atoms with Crippen LogP contribution in [0.5, 0.6) is 0 Å². The normalized spacial score (nSPS) is 21.7. The highest BCUT2D eigenvalue weighted by Gasteiger charge is 2.53. The van der Waals surface area contributed by atoms with Crippen molar-refractivity contribution >= 4 is 5.91 Å². The van der Waals surface area contributed by atoms with E-state index >= 15 is 0 Å². The number of aryl methyl sites for hydroxylation is 2. The Morgan fingerprint density at radius 2 is 2.20 bits per heavy atom. The summed E-state index contributed by atoms with van der Waals surface area (Å²) >= 11 is 0. The minimum Gasteiger partial charge on any atom is -0.337 e. The number of aromatic nitrogens is 5. The molecule has 1 atom stereocenters. The van der Waals surface area contributed by atoms with Crippen molar-refractivity contribution in [2.24, 2.45) is 12.5 Å². The molecule has 0 aromatic carbocycles. The molecule has 1 saturated heterocycles. The first-order chi connectivity index (χ1) is 12.1. The van der Waals surface area contributed by atoms with Crippen molar-refractivity contribution in [1.29, 1.82) is 0 Å². The number of amides is 1. The smallest absolute Gasteiger partial charge is 0.257 e. The largest absolute Gasteiger partial charge is 0.337 e. The fraction of sp³-hybridized carbons (Fsp3) is 0.667. The molecule has 25 heavy (non-hydrogen) atoms. The molecule has 1 amide bonds. The Kier molecular flexibility index (Phi) is 3.89. The van der Waals surface area contributed by atoms with Gasteiger partial charge in [-0.25, -0.2) is 0 Å². The van der Waals surface area contributed by atoms with E-state index in [1.165, 1.54) is 19.3 Å². The number of hydrogen-bond donors (Lipinski definition) is 0. The summed E-state index contributed by atoms with van der Waals surface area (Å²) in [4.78, 5) is 15.1. The second-order valence-electron chi connectivity index (χ2n) is 7.60. The van der Waals surface area contributed by atoms with Gasteiger partial charge in [0.15, 0.2) is 0 Å². The highest BCUT2D eigenvalue weighted by Crippen LogP contribution is 2.55. The van der Waals surface area contributed by atoms with Gasteiger partial charge >= 0.3 is 0 Å². The molecule has 0 radical (unpaired) electrons. The van der Waals surface area contributed by atoms with Gasteiger partial charge in [-0.1, -0.05) is 13.3 Å². The first-order valence-corrected chi connectivity index (χ1v) is 9.21. The third-order valence-corrected chi connectivity index (χ3v) is 6.17. The Bertz CT molecular complexity index is 787. The molecule has 1 unspecified atom stereocenters. The zero-order valence-corrected chi connectivity index (χ0v) is 15.3. The van der Waals surface area contributed by atoms with Crippen LogP contribution in [0.15, 0.2) is 12.5 Å². The summed E-state index contributed by atoms with van der Waals surface area (Å²) in [5.74, 6) is 1.44. The maximum absolute atomic E-state index is 13.1. The summed E-state index contributed by atoms with van der Waals surface area (Å²) in [5.41, 5.74) is 1.82. The predicted molar refractivity (Wildman–Crippen MR) is 93.2 cm³/mol. The third-order valence-electron chi connectivity index (χ3n) is 6.17. The highest BCUT2D eigenvalue weighted by molar-refractivity contribution is 5.95. The summed E-state index contributed by atoms with van der Waals surface area (Å²) in [6.07, 6.45) is 8.17. The van der Waals surface area contributed by atoms with Crippen molar-refractivity contribution in [3.8, 4) is 0 Å². The number of nitrogens with zero attached hydrogens (tertiary/aromatic N) is 6. The van der Waals surface area contributed by atoms with Gasteiger partial charge in [0, 0.05) is 38.3 Å². The maximum atomic E-state index is 13.1. The molecule has 4 rings (SSSR count). The quantitative estimate of drug-likeness (QED) is 0.854. The van der Waals surface area contributed by atoms with Crippen LogP contribution in [0.4, 0.5) is 0 Å². The summed E-state index contributed by atoms with van der Waals surface area (Å²) in [6.45, 7) is 6.60. The number of carbonyl (C=O) groups is 1. The Hall–Kier alpha value is -2.18. The molecular formula is C18H26N6O. The van der Waals surface area contributed by atoms with Gasteiger partial charge in [0.25, 0.3) is 5.91 Å². The topological polar surface area (TPSA) is 68.8 Å². The number of hydrogen-bond acceptors (Lipinski definition) is 4. The Morgan fingerprint density at radius 1 is 1.40 bits per heavy atom. The molecule has 0 N–H and O–H groups in total. The Labute approximate surface area is 148 Å². The third kappa shape index (κ3) is 2.48. The lowest BCUT2D eigenvalue weighted by Crippen LogP contribution is -2.38. The summed E-state index contributed by atoms with van der Waals surface area (Å²) in [6, 6.07) is 0. The molecule has 134 valence electrons. The first-order valence-electron chi connectivity index (χ1n) is 9.21. The minimum atomic E-state index is 0.0981. The van der Waals surface area contributed by atoms with E-state index in [4.69, 9.17) is 0 Å². The van der Waals surface area contributed by atoms with Gasteiger partial charge in [-0.15, -0.1) is 10.2 Å².